The molecule has 0 saturated heterocycles. The lowest BCUT2D eigenvalue weighted by molar-refractivity contribution is 0.597. The third-order valence-electron chi connectivity index (χ3n) is 2.61. The highest BCUT2D eigenvalue weighted by Gasteiger charge is 2.24. The zero-order valence-electron chi connectivity index (χ0n) is 11.1. The summed E-state index contributed by atoms with van der Waals surface area (Å²) >= 11 is 5.96. The van der Waals surface area contributed by atoms with Crippen LogP contribution in [0.2, 0.25) is 0 Å². The molecule has 0 bridgehead atoms. The zero-order valence-corrected chi connectivity index (χ0v) is 12.6. The average Bonchev–Trinajstić information content (AvgIpc) is 2.47. The Balaban J connectivity index is 2.41. The van der Waals surface area contributed by atoms with Crippen molar-refractivity contribution in [2.24, 2.45) is 0 Å². The molecule has 5 nitrogen and oxygen atoms in total. The maximum atomic E-state index is 12.3. The van der Waals surface area contributed by atoms with Crippen LogP contribution in [0, 0.1) is 0 Å². The van der Waals surface area contributed by atoms with Gasteiger partial charge in [-0.05, 0) is 12.1 Å². The minimum Gasteiger partial charge on any atom is -0.241 e. The molecule has 20 heavy (non-hydrogen) atoms. The molecule has 7 heteroatoms. The minimum atomic E-state index is -3.83. The third kappa shape index (κ3) is 2.91. The van der Waals surface area contributed by atoms with Crippen LogP contribution in [0.15, 0.2) is 47.5 Å². The molecule has 1 heterocycles. The molecule has 2 aromatic rings. The van der Waals surface area contributed by atoms with Crippen LogP contribution in [0.5, 0.6) is 0 Å². The molecular weight excluding hydrogens is 298 g/mol. The fourth-order valence-corrected chi connectivity index (χ4v) is 2.92. The molecule has 106 valence electrons. The number of hydrogen-bond acceptors (Lipinski definition) is 4. The lowest BCUT2D eigenvalue weighted by atomic mass is 10.2. The first-order chi connectivity index (χ1) is 9.43. The Kier molecular flexibility index (Phi) is 4.25. The van der Waals surface area contributed by atoms with Crippen LogP contribution in [0.1, 0.15) is 25.6 Å². The quantitative estimate of drug-likeness (QED) is 0.814. The molecule has 0 unspecified atom stereocenters. The number of rotatable bonds is 4. The van der Waals surface area contributed by atoms with Gasteiger partial charge in [0.2, 0.25) is 0 Å². The molecule has 0 spiro atoms. The van der Waals surface area contributed by atoms with Gasteiger partial charge in [0, 0.05) is 30.0 Å². The molecule has 0 aliphatic rings. The summed E-state index contributed by atoms with van der Waals surface area (Å²) in [6.07, 6.45) is 1.49. The normalized spacial score (nSPS) is 11.6. The van der Waals surface area contributed by atoms with Crippen LogP contribution in [0.3, 0.4) is 0 Å². The van der Waals surface area contributed by atoms with E-state index in [1.807, 2.05) is 13.8 Å². The first-order valence-corrected chi connectivity index (χ1v) is 7.80. The molecule has 0 atom stereocenters. The lowest BCUT2D eigenvalue weighted by Gasteiger charge is -2.16. The van der Waals surface area contributed by atoms with Gasteiger partial charge in [0.05, 0.1) is 4.90 Å². The van der Waals surface area contributed by atoms with E-state index in [1.165, 1.54) is 24.4 Å². The van der Waals surface area contributed by atoms with E-state index in [-0.39, 0.29) is 16.6 Å². The Morgan fingerprint density at radius 3 is 2.40 bits per heavy atom. The fourth-order valence-electron chi connectivity index (χ4n) is 1.55. The number of aromatic nitrogens is 2. The van der Waals surface area contributed by atoms with Gasteiger partial charge in [-0.3, -0.25) is 0 Å². The number of anilines is 1. The molecular formula is C13H14ClN3O2S. The molecule has 1 aromatic heterocycles. The van der Waals surface area contributed by atoms with Crippen molar-refractivity contribution in [3.05, 3.63) is 48.4 Å². The summed E-state index contributed by atoms with van der Waals surface area (Å²) in [6, 6.07) is 9.43. The van der Waals surface area contributed by atoms with Gasteiger partial charge in [0.25, 0.3) is 10.0 Å². The molecule has 0 aliphatic heterocycles. The Hall–Kier alpha value is -1.66. The van der Waals surface area contributed by atoms with Crippen molar-refractivity contribution in [1.29, 1.82) is 0 Å². The molecule has 0 fully saturated rings. The molecule has 1 aromatic carbocycles. The van der Waals surface area contributed by atoms with Gasteiger partial charge in [-0.1, -0.05) is 32.0 Å². The molecule has 0 saturated carbocycles. The van der Waals surface area contributed by atoms with Crippen molar-refractivity contribution >= 4 is 27.6 Å². The Labute approximate surface area is 123 Å². The van der Waals surface area contributed by atoms with Gasteiger partial charge in [0.1, 0.15) is 5.82 Å². The van der Waals surface area contributed by atoms with Crippen molar-refractivity contribution in [3.8, 4) is 0 Å². The third-order valence-corrected chi connectivity index (χ3v) is 4.80. The maximum Gasteiger partial charge on any atom is 0.279 e. The number of benzene rings is 1. The standard InChI is InChI=1S/C13H14ClN3O2S/c1-10(2)13-15-9-8-12(16-13)17(14)20(18,19)11-6-4-3-5-7-11/h3-10H,1-2H3. The van der Waals surface area contributed by atoms with Crippen molar-refractivity contribution in [2.75, 3.05) is 3.82 Å². The van der Waals surface area contributed by atoms with Crippen LogP contribution in [-0.4, -0.2) is 18.4 Å². The Morgan fingerprint density at radius 2 is 1.80 bits per heavy atom. The van der Waals surface area contributed by atoms with Crippen LogP contribution in [0.4, 0.5) is 5.82 Å². The van der Waals surface area contributed by atoms with E-state index in [4.69, 9.17) is 11.8 Å². The smallest absolute Gasteiger partial charge is 0.241 e. The lowest BCUT2D eigenvalue weighted by Crippen LogP contribution is -2.22. The Bertz CT molecular complexity index is 690. The average molecular weight is 312 g/mol. The highest BCUT2D eigenvalue weighted by Crippen LogP contribution is 2.24. The van der Waals surface area contributed by atoms with E-state index in [1.54, 1.807) is 18.2 Å². The van der Waals surface area contributed by atoms with Crippen molar-refractivity contribution in [2.45, 2.75) is 24.7 Å². The molecule has 0 aliphatic carbocycles. The van der Waals surface area contributed by atoms with E-state index in [2.05, 4.69) is 9.97 Å². The van der Waals surface area contributed by atoms with Gasteiger partial charge in [-0.25, -0.2) is 9.97 Å². The second-order valence-electron chi connectivity index (χ2n) is 4.46. The summed E-state index contributed by atoms with van der Waals surface area (Å²) in [5.41, 5.74) is 0. The summed E-state index contributed by atoms with van der Waals surface area (Å²) in [7, 11) is -3.83. The second kappa shape index (κ2) is 5.76. The molecule has 0 amide bonds. The van der Waals surface area contributed by atoms with Gasteiger partial charge in [0.15, 0.2) is 5.82 Å². The monoisotopic (exact) mass is 311 g/mol. The van der Waals surface area contributed by atoms with Crippen LogP contribution < -0.4 is 3.82 Å². The second-order valence-corrected chi connectivity index (χ2v) is 6.79. The summed E-state index contributed by atoms with van der Waals surface area (Å²) in [6.45, 7) is 3.84. The minimum absolute atomic E-state index is 0.0828. The van der Waals surface area contributed by atoms with Gasteiger partial charge in [-0.15, -0.1) is 0 Å². The number of hydrogen-bond donors (Lipinski definition) is 0. The molecule has 0 radical (unpaired) electrons. The van der Waals surface area contributed by atoms with E-state index in [0.29, 0.717) is 9.65 Å². The fraction of sp³-hybridized carbons (Fsp3) is 0.231. The van der Waals surface area contributed by atoms with Gasteiger partial charge < -0.3 is 0 Å². The summed E-state index contributed by atoms with van der Waals surface area (Å²) in [4.78, 5) is 8.36. The molecule has 2 rings (SSSR count). The van der Waals surface area contributed by atoms with E-state index < -0.39 is 10.0 Å². The van der Waals surface area contributed by atoms with E-state index >= 15 is 0 Å². The largest absolute Gasteiger partial charge is 0.279 e. The van der Waals surface area contributed by atoms with Gasteiger partial charge >= 0.3 is 0 Å². The van der Waals surface area contributed by atoms with Crippen molar-refractivity contribution in [1.82, 2.24) is 9.97 Å². The maximum absolute atomic E-state index is 12.3. The van der Waals surface area contributed by atoms with Crippen LogP contribution in [0.25, 0.3) is 0 Å². The predicted octanol–water partition coefficient (Wildman–Crippen LogP) is 2.95. The highest BCUT2D eigenvalue weighted by molar-refractivity contribution is 7.94. The zero-order chi connectivity index (χ0) is 14.8. The topological polar surface area (TPSA) is 63.2 Å². The van der Waals surface area contributed by atoms with Crippen LogP contribution in [-0.2, 0) is 10.0 Å². The predicted molar refractivity (Wildman–Crippen MR) is 78.1 cm³/mol. The first kappa shape index (κ1) is 14.7. The van der Waals surface area contributed by atoms with E-state index in [0.717, 1.165) is 0 Å². The summed E-state index contributed by atoms with van der Waals surface area (Å²) in [5, 5.41) is 0. The summed E-state index contributed by atoms with van der Waals surface area (Å²) in [5.74, 6) is 0.755. The van der Waals surface area contributed by atoms with Crippen LogP contribution >= 0.6 is 11.8 Å². The number of halogens is 1. The Morgan fingerprint density at radius 1 is 1.15 bits per heavy atom. The first-order valence-electron chi connectivity index (χ1n) is 6.02. The highest BCUT2D eigenvalue weighted by atomic mass is 35.5. The number of nitrogens with zero attached hydrogens (tertiary/aromatic N) is 3. The van der Waals surface area contributed by atoms with Crippen molar-refractivity contribution in [3.63, 3.8) is 0 Å². The van der Waals surface area contributed by atoms with Crippen molar-refractivity contribution < 1.29 is 8.42 Å². The summed E-state index contributed by atoms with van der Waals surface area (Å²) < 4.78 is 25.3. The van der Waals surface area contributed by atoms with Gasteiger partial charge in [-0.2, -0.15) is 12.2 Å². The SMILES string of the molecule is CC(C)c1nccc(N(Cl)S(=O)(=O)c2ccccc2)n1. The molecule has 0 N–H and O–H groups in total. The van der Waals surface area contributed by atoms with E-state index in [9.17, 15) is 8.42 Å². The number of sulfonamides is 1.